The first-order valence-corrected chi connectivity index (χ1v) is 7.04. The predicted octanol–water partition coefficient (Wildman–Crippen LogP) is 2.03. The zero-order valence-electron chi connectivity index (χ0n) is 11.5. The lowest BCUT2D eigenvalue weighted by Gasteiger charge is -2.22. The standard InChI is InChI=1S/C13H18F3N5/c14-13(15,16)8-6-11(19-12(7-8)20-17)18-9-3-5-21-4-1-2-10(9)21/h6-7,9-10H,1-5,17H2,(H2,18,19,20). The molecule has 3 heterocycles. The van der Waals surface area contributed by atoms with Crippen molar-refractivity contribution in [3.63, 3.8) is 0 Å². The van der Waals surface area contributed by atoms with Gasteiger partial charge in [0.05, 0.1) is 5.56 Å². The third-order valence-corrected chi connectivity index (χ3v) is 4.24. The molecule has 2 aliphatic rings. The van der Waals surface area contributed by atoms with Gasteiger partial charge in [-0.25, -0.2) is 10.8 Å². The van der Waals surface area contributed by atoms with Gasteiger partial charge in [0.25, 0.3) is 0 Å². The lowest BCUT2D eigenvalue weighted by Crippen LogP contribution is -2.34. The van der Waals surface area contributed by atoms with E-state index >= 15 is 0 Å². The van der Waals surface area contributed by atoms with E-state index in [0.29, 0.717) is 6.04 Å². The average Bonchev–Trinajstić information content (AvgIpc) is 3.02. The van der Waals surface area contributed by atoms with Crippen LogP contribution in [0.1, 0.15) is 24.8 Å². The largest absolute Gasteiger partial charge is 0.416 e. The fraction of sp³-hybridized carbons (Fsp3) is 0.615. The fourth-order valence-electron chi connectivity index (χ4n) is 3.28. The van der Waals surface area contributed by atoms with Crippen molar-refractivity contribution in [1.82, 2.24) is 9.88 Å². The van der Waals surface area contributed by atoms with E-state index in [1.807, 2.05) is 0 Å². The Morgan fingerprint density at radius 3 is 2.67 bits per heavy atom. The minimum absolute atomic E-state index is 0.00796. The third-order valence-electron chi connectivity index (χ3n) is 4.24. The monoisotopic (exact) mass is 301 g/mol. The highest BCUT2D eigenvalue weighted by Gasteiger charge is 2.38. The first-order chi connectivity index (χ1) is 9.97. The van der Waals surface area contributed by atoms with E-state index in [2.05, 4.69) is 20.6 Å². The van der Waals surface area contributed by atoms with Crippen LogP contribution < -0.4 is 16.6 Å². The molecule has 0 radical (unpaired) electrons. The number of nitrogens with one attached hydrogen (secondary N) is 2. The molecule has 0 spiro atoms. The topological polar surface area (TPSA) is 66.2 Å². The van der Waals surface area contributed by atoms with Gasteiger partial charge < -0.3 is 10.7 Å². The van der Waals surface area contributed by atoms with E-state index in [1.54, 1.807) is 0 Å². The summed E-state index contributed by atoms with van der Waals surface area (Å²) in [5.41, 5.74) is 1.43. The number of nitrogen functional groups attached to an aromatic ring is 1. The molecule has 21 heavy (non-hydrogen) atoms. The number of hydrogen-bond acceptors (Lipinski definition) is 5. The third kappa shape index (κ3) is 2.91. The van der Waals surface area contributed by atoms with E-state index < -0.39 is 11.7 Å². The Balaban J connectivity index is 1.81. The normalized spacial score (nSPS) is 25.9. The van der Waals surface area contributed by atoms with Gasteiger partial charge in [0.1, 0.15) is 11.6 Å². The summed E-state index contributed by atoms with van der Waals surface area (Å²) in [7, 11) is 0. The zero-order valence-corrected chi connectivity index (χ0v) is 11.5. The number of alkyl halides is 3. The molecule has 1 aromatic rings. The quantitative estimate of drug-likeness (QED) is 0.589. The van der Waals surface area contributed by atoms with Crippen LogP contribution in [0.2, 0.25) is 0 Å². The number of hydrazine groups is 1. The van der Waals surface area contributed by atoms with Gasteiger partial charge in [-0.05, 0) is 37.9 Å². The van der Waals surface area contributed by atoms with Crippen molar-refractivity contribution in [2.75, 3.05) is 23.8 Å². The number of halogens is 3. The number of hydrogen-bond donors (Lipinski definition) is 3. The van der Waals surface area contributed by atoms with Crippen molar-refractivity contribution in [3.05, 3.63) is 17.7 Å². The maximum Gasteiger partial charge on any atom is 0.416 e. The van der Waals surface area contributed by atoms with Crippen LogP contribution in [0.5, 0.6) is 0 Å². The second kappa shape index (κ2) is 5.34. The van der Waals surface area contributed by atoms with Crippen LogP contribution in [0.3, 0.4) is 0 Å². The van der Waals surface area contributed by atoms with Crippen molar-refractivity contribution >= 4 is 11.6 Å². The van der Waals surface area contributed by atoms with Crippen molar-refractivity contribution in [3.8, 4) is 0 Å². The summed E-state index contributed by atoms with van der Waals surface area (Å²) >= 11 is 0. The summed E-state index contributed by atoms with van der Waals surface area (Å²) < 4.78 is 38.6. The number of pyridine rings is 1. The Bertz CT molecular complexity index is 519. The van der Waals surface area contributed by atoms with E-state index in [9.17, 15) is 13.2 Å². The molecule has 0 saturated carbocycles. The van der Waals surface area contributed by atoms with E-state index in [-0.39, 0.29) is 17.7 Å². The van der Waals surface area contributed by atoms with Crippen LogP contribution in [0, 0.1) is 0 Å². The summed E-state index contributed by atoms with van der Waals surface area (Å²) in [5, 5.41) is 3.15. The molecule has 0 aromatic carbocycles. The SMILES string of the molecule is NNc1cc(C(F)(F)F)cc(NC2CCN3CCCC23)n1. The zero-order chi connectivity index (χ0) is 15.0. The molecule has 116 valence electrons. The summed E-state index contributed by atoms with van der Waals surface area (Å²) in [4.78, 5) is 6.46. The first-order valence-electron chi connectivity index (χ1n) is 7.04. The van der Waals surface area contributed by atoms with Gasteiger partial charge in [-0.3, -0.25) is 4.90 Å². The van der Waals surface area contributed by atoms with E-state index in [0.717, 1.165) is 44.5 Å². The molecule has 0 aliphatic carbocycles. The lowest BCUT2D eigenvalue weighted by atomic mass is 10.1. The van der Waals surface area contributed by atoms with Crippen molar-refractivity contribution in [1.29, 1.82) is 0 Å². The first kappa shape index (κ1) is 14.4. The van der Waals surface area contributed by atoms with Gasteiger partial charge >= 0.3 is 6.18 Å². The highest BCUT2D eigenvalue weighted by molar-refractivity contribution is 5.50. The molecular weight excluding hydrogens is 283 g/mol. The highest BCUT2D eigenvalue weighted by Crippen LogP contribution is 2.34. The Morgan fingerprint density at radius 1 is 1.19 bits per heavy atom. The number of nitrogens with zero attached hydrogens (tertiary/aromatic N) is 2. The molecule has 3 rings (SSSR count). The Kier molecular flexibility index (Phi) is 3.66. The number of fused-ring (bicyclic) bond motifs is 1. The predicted molar refractivity (Wildman–Crippen MR) is 73.7 cm³/mol. The minimum Gasteiger partial charge on any atom is -0.366 e. The molecule has 8 heteroatoms. The van der Waals surface area contributed by atoms with Crippen molar-refractivity contribution in [2.45, 2.75) is 37.5 Å². The van der Waals surface area contributed by atoms with Crippen LogP contribution in [0.25, 0.3) is 0 Å². The van der Waals surface area contributed by atoms with Crippen LogP contribution in [0.15, 0.2) is 12.1 Å². The summed E-state index contributed by atoms with van der Waals surface area (Å²) in [6.07, 6.45) is -1.26. The maximum atomic E-state index is 12.9. The van der Waals surface area contributed by atoms with Crippen molar-refractivity contribution in [2.24, 2.45) is 5.84 Å². The van der Waals surface area contributed by atoms with Gasteiger partial charge in [0, 0.05) is 18.6 Å². The van der Waals surface area contributed by atoms with Gasteiger partial charge in [-0.2, -0.15) is 13.2 Å². The van der Waals surface area contributed by atoms with Gasteiger partial charge in [-0.1, -0.05) is 0 Å². The molecular formula is C13H18F3N5. The lowest BCUT2D eigenvalue weighted by molar-refractivity contribution is -0.137. The average molecular weight is 301 g/mol. The van der Waals surface area contributed by atoms with Crippen LogP contribution in [-0.4, -0.2) is 35.1 Å². The maximum absolute atomic E-state index is 12.9. The molecule has 2 saturated heterocycles. The van der Waals surface area contributed by atoms with Crippen molar-refractivity contribution < 1.29 is 13.2 Å². The van der Waals surface area contributed by atoms with Gasteiger partial charge in [-0.15, -0.1) is 0 Å². The number of anilines is 2. The Morgan fingerprint density at radius 2 is 1.95 bits per heavy atom. The Labute approximate surface area is 120 Å². The number of nitrogens with two attached hydrogens (primary N) is 1. The van der Waals surface area contributed by atoms with Crippen LogP contribution in [0.4, 0.5) is 24.8 Å². The summed E-state index contributed by atoms with van der Waals surface area (Å²) in [6, 6.07) is 2.49. The summed E-state index contributed by atoms with van der Waals surface area (Å²) in [5.74, 6) is 5.44. The van der Waals surface area contributed by atoms with E-state index in [1.165, 1.54) is 0 Å². The highest BCUT2D eigenvalue weighted by atomic mass is 19.4. The molecule has 2 aliphatic heterocycles. The fourth-order valence-corrected chi connectivity index (χ4v) is 3.28. The second-order valence-corrected chi connectivity index (χ2v) is 5.55. The molecule has 1 aromatic heterocycles. The molecule has 2 unspecified atom stereocenters. The second-order valence-electron chi connectivity index (χ2n) is 5.55. The molecule has 5 nitrogen and oxygen atoms in total. The van der Waals surface area contributed by atoms with Gasteiger partial charge in [0.2, 0.25) is 0 Å². The van der Waals surface area contributed by atoms with Crippen LogP contribution in [-0.2, 0) is 6.18 Å². The Hall–Kier alpha value is -1.54. The van der Waals surface area contributed by atoms with E-state index in [4.69, 9.17) is 5.84 Å². The minimum atomic E-state index is -4.42. The van der Waals surface area contributed by atoms with Gasteiger partial charge in [0.15, 0.2) is 0 Å². The number of rotatable bonds is 3. The molecule has 2 fully saturated rings. The molecule has 0 bridgehead atoms. The van der Waals surface area contributed by atoms with Crippen LogP contribution >= 0.6 is 0 Å². The molecule has 4 N–H and O–H groups in total. The smallest absolute Gasteiger partial charge is 0.366 e. The molecule has 2 atom stereocenters. The molecule has 0 amide bonds. The number of aromatic nitrogens is 1. The summed E-state index contributed by atoms with van der Waals surface area (Å²) in [6.45, 7) is 2.07.